The number of hydrogen-bond acceptors (Lipinski definition) is 5. The van der Waals surface area contributed by atoms with Crippen LogP contribution in [0.1, 0.15) is 34.0 Å². The Morgan fingerprint density at radius 3 is 2.78 bits per heavy atom. The second-order valence-corrected chi connectivity index (χ2v) is 6.08. The molecule has 9 heteroatoms. The molecule has 1 N–H and O–H groups in total. The van der Waals surface area contributed by atoms with Crippen LogP contribution >= 0.6 is 0 Å². The third kappa shape index (κ3) is 4.42. The van der Waals surface area contributed by atoms with Crippen molar-refractivity contribution < 1.29 is 27.5 Å². The van der Waals surface area contributed by atoms with Crippen molar-refractivity contribution in [1.82, 2.24) is 15.3 Å². The van der Waals surface area contributed by atoms with E-state index in [0.717, 1.165) is 6.07 Å². The van der Waals surface area contributed by atoms with Crippen LogP contribution in [0.5, 0.6) is 5.75 Å². The van der Waals surface area contributed by atoms with Crippen molar-refractivity contribution in [1.29, 1.82) is 0 Å². The SMILES string of the molecule is Cc1cc(C(F)(F)F)nc(CCNC(=O)C2CC(=O)c3ccccc3O2)n1. The van der Waals surface area contributed by atoms with Crippen LogP contribution in [0, 0.1) is 6.92 Å². The number of carbonyl (C=O) groups is 2. The third-order valence-electron chi connectivity index (χ3n) is 3.96. The number of ether oxygens (including phenoxy) is 1. The number of hydrogen-bond donors (Lipinski definition) is 1. The molecule has 1 aliphatic rings. The molecule has 2 heterocycles. The molecule has 0 radical (unpaired) electrons. The predicted molar refractivity (Wildman–Crippen MR) is 88.3 cm³/mol. The van der Waals surface area contributed by atoms with Crippen molar-refractivity contribution in [2.75, 3.05) is 6.54 Å². The minimum atomic E-state index is -4.56. The van der Waals surface area contributed by atoms with Crippen molar-refractivity contribution in [3.63, 3.8) is 0 Å². The van der Waals surface area contributed by atoms with Crippen LogP contribution in [-0.4, -0.2) is 34.3 Å². The fourth-order valence-electron chi connectivity index (χ4n) is 2.72. The molecular formula is C18H16F3N3O3. The maximum Gasteiger partial charge on any atom is 0.433 e. The van der Waals surface area contributed by atoms with E-state index in [0.29, 0.717) is 11.3 Å². The zero-order chi connectivity index (χ0) is 19.6. The number of para-hydroxylation sites is 1. The Hall–Kier alpha value is -2.97. The Balaban J connectivity index is 1.59. The zero-order valence-corrected chi connectivity index (χ0v) is 14.3. The number of halogens is 3. The predicted octanol–water partition coefficient (Wildman–Crippen LogP) is 2.50. The molecule has 0 spiro atoms. The van der Waals surface area contributed by atoms with Gasteiger partial charge in [-0.2, -0.15) is 13.2 Å². The summed E-state index contributed by atoms with van der Waals surface area (Å²) >= 11 is 0. The number of carbonyl (C=O) groups excluding carboxylic acids is 2. The normalized spacial score (nSPS) is 16.4. The molecule has 1 aromatic carbocycles. The fraction of sp³-hybridized carbons (Fsp3) is 0.333. The first kappa shape index (κ1) is 18.8. The molecule has 1 aliphatic heterocycles. The van der Waals surface area contributed by atoms with Crippen molar-refractivity contribution in [2.24, 2.45) is 0 Å². The highest BCUT2D eigenvalue weighted by Gasteiger charge is 2.33. The minimum Gasteiger partial charge on any atom is -0.479 e. The molecule has 27 heavy (non-hydrogen) atoms. The highest BCUT2D eigenvalue weighted by atomic mass is 19.4. The first-order valence-electron chi connectivity index (χ1n) is 8.22. The lowest BCUT2D eigenvalue weighted by Gasteiger charge is -2.24. The molecule has 0 saturated heterocycles. The molecule has 1 amide bonds. The highest BCUT2D eigenvalue weighted by Crippen LogP contribution is 2.28. The lowest BCUT2D eigenvalue weighted by molar-refractivity contribution is -0.141. The summed E-state index contributed by atoms with van der Waals surface area (Å²) in [7, 11) is 0. The molecule has 6 nitrogen and oxygen atoms in total. The lowest BCUT2D eigenvalue weighted by Crippen LogP contribution is -2.42. The van der Waals surface area contributed by atoms with Gasteiger partial charge in [0.1, 0.15) is 17.3 Å². The average molecular weight is 379 g/mol. The Bertz CT molecular complexity index is 884. The number of benzene rings is 1. The second kappa shape index (κ2) is 7.34. The van der Waals surface area contributed by atoms with Crippen LogP contribution in [-0.2, 0) is 17.4 Å². The Morgan fingerprint density at radius 1 is 1.30 bits per heavy atom. The largest absolute Gasteiger partial charge is 0.479 e. The van der Waals surface area contributed by atoms with Gasteiger partial charge in [-0.1, -0.05) is 12.1 Å². The smallest absolute Gasteiger partial charge is 0.433 e. The molecule has 1 atom stereocenters. The summed E-state index contributed by atoms with van der Waals surface area (Å²) in [4.78, 5) is 31.7. The number of nitrogens with one attached hydrogen (secondary N) is 1. The van der Waals surface area contributed by atoms with Gasteiger partial charge in [-0.15, -0.1) is 0 Å². The van der Waals surface area contributed by atoms with E-state index in [2.05, 4.69) is 15.3 Å². The maximum atomic E-state index is 12.8. The maximum absolute atomic E-state index is 12.8. The number of ketones is 1. The van der Waals surface area contributed by atoms with Gasteiger partial charge in [0.15, 0.2) is 11.9 Å². The summed E-state index contributed by atoms with van der Waals surface area (Å²) in [6.45, 7) is 1.47. The standard InChI is InChI=1S/C18H16F3N3O3/c1-10-8-15(18(19,20)21)24-16(23-10)6-7-22-17(26)14-9-12(25)11-4-2-3-5-13(11)27-14/h2-5,8,14H,6-7,9H2,1H3,(H,22,26). The van der Waals surface area contributed by atoms with E-state index in [1.54, 1.807) is 24.3 Å². The zero-order valence-electron chi connectivity index (χ0n) is 14.3. The minimum absolute atomic E-state index is 0.0198. The number of Topliss-reactive ketones (excluding diaryl/α,β-unsaturated/α-hetero) is 1. The number of aryl methyl sites for hydroxylation is 1. The average Bonchev–Trinajstić information content (AvgIpc) is 2.60. The first-order valence-corrected chi connectivity index (χ1v) is 8.22. The number of alkyl halides is 3. The first-order chi connectivity index (χ1) is 12.7. The summed E-state index contributed by atoms with van der Waals surface area (Å²) in [6.07, 6.45) is -5.61. The van der Waals surface area contributed by atoms with Crippen LogP contribution in [0.4, 0.5) is 13.2 Å². The number of amides is 1. The topological polar surface area (TPSA) is 81.2 Å². The summed E-state index contributed by atoms with van der Waals surface area (Å²) in [5.41, 5.74) is -0.403. The number of rotatable bonds is 4. The van der Waals surface area contributed by atoms with Gasteiger partial charge in [0, 0.05) is 18.7 Å². The molecule has 3 rings (SSSR count). The van der Waals surface area contributed by atoms with E-state index in [1.165, 1.54) is 6.92 Å². The van der Waals surface area contributed by atoms with E-state index in [-0.39, 0.29) is 36.7 Å². The number of fused-ring (bicyclic) bond motifs is 1. The Kier molecular flexibility index (Phi) is 5.11. The summed E-state index contributed by atoms with van der Waals surface area (Å²) in [5, 5.41) is 2.55. The fourth-order valence-corrected chi connectivity index (χ4v) is 2.72. The Morgan fingerprint density at radius 2 is 2.04 bits per heavy atom. The van der Waals surface area contributed by atoms with Crippen LogP contribution < -0.4 is 10.1 Å². The number of aromatic nitrogens is 2. The van der Waals surface area contributed by atoms with Crippen molar-refractivity contribution in [3.8, 4) is 5.75 Å². The van der Waals surface area contributed by atoms with Gasteiger partial charge >= 0.3 is 6.18 Å². The van der Waals surface area contributed by atoms with Gasteiger partial charge < -0.3 is 10.1 Å². The summed E-state index contributed by atoms with van der Waals surface area (Å²) in [6, 6.07) is 7.49. The highest BCUT2D eigenvalue weighted by molar-refractivity contribution is 6.03. The monoisotopic (exact) mass is 379 g/mol. The third-order valence-corrected chi connectivity index (χ3v) is 3.96. The van der Waals surface area contributed by atoms with Gasteiger partial charge in [0.05, 0.1) is 12.0 Å². The summed E-state index contributed by atoms with van der Waals surface area (Å²) in [5.74, 6) is -0.394. The molecule has 0 bridgehead atoms. The molecular weight excluding hydrogens is 363 g/mol. The molecule has 1 aromatic heterocycles. The van der Waals surface area contributed by atoms with Crippen molar-refractivity contribution in [2.45, 2.75) is 32.0 Å². The van der Waals surface area contributed by atoms with Crippen LogP contribution in [0.3, 0.4) is 0 Å². The lowest BCUT2D eigenvalue weighted by atomic mass is 10.0. The van der Waals surface area contributed by atoms with Crippen LogP contribution in [0.25, 0.3) is 0 Å². The molecule has 1 unspecified atom stereocenters. The second-order valence-electron chi connectivity index (χ2n) is 6.08. The quantitative estimate of drug-likeness (QED) is 0.883. The van der Waals surface area contributed by atoms with Crippen LogP contribution in [0.2, 0.25) is 0 Å². The van der Waals surface area contributed by atoms with E-state index in [9.17, 15) is 22.8 Å². The number of nitrogens with zero attached hydrogens (tertiary/aromatic N) is 2. The van der Waals surface area contributed by atoms with Crippen molar-refractivity contribution in [3.05, 3.63) is 53.1 Å². The van der Waals surface area contributed by atoms with Crippen LogP contribution in [0.15, 0.2) is 30.3 Å². The summed E-state index contributed by atoms with van der Waals surface area (Å²) < 4.78 is 43.9. The van der Waals surface area contributed by atoms with E-state index in [4.69, 9.17) is 4.74 Å². The van der Waals surface area contributed by atoms with E-state index < -0.39 is 23.9 Å². The van der Waals surface area contributed by atoms with Gasteiger partial charge in [0.25, 0.3) is 5.91 Å². The molecule has 0 fully saturated rings. The molecule has 0 saturated carbocycles. The van der Waals surface area contributed by atoms with Gasteiger partial charge in [0.2, 0.25) is 0 Å². The molecule has 2 aromatic rings. The Labute approximate surface area is 152 Å². The van der Waals surface area contributed by atoms with E-state index in [1.807, 2.05) is 0 Å². The molecule has 142 valence electrons. The van der Waals surface area contributed by atoms with Gasteiger partial charge in [-0.25, -0.2) is 9.97 Å². The van der Waals surface area contributed by atoms with E-state index >= 15 is 0 Å². The van der Waals surface area contributed by atoms with Gasteiger partial charge in [-0.3, -0.25) is 9.59 Å². The molecule has 0 aliphatic carbocycles. The van der Waals surface area contributed by atoms with Crippen molar-refractivity contribution >= 4 is 11.7 Å². The van der Waals surface area contributed by atoms with Gasteiger partial charge in [-0.05, 0) is 25.1 Å².